The predicted molar refractivity (Wildman–Crippen MR) is 108 cm³/mol. The Bertz CT molecular complexity index is 1210. The first kappa shape index (κ1) is 16.9. The molecule has 27 heavy (non-hydrogen) atoms. The lowest BCUT2D eigenvalue weighted by atomic mass is 10.1. The Labute approximate surface area is 157 Å². The highest BCUT2D eigenvalue weighted by molar-refractivity contribution is 7.23. The molecule has 0 radical (unpaired) electrons. The molecule has 7 heteroatoms. The summed E-state index contributed by atoms with van der Waals surface area (Å²) in [5.41, 5.74) is 1.39. The molecule has 132 valence electrons. The van der Waals surface area contributed by atoms with Crippen molar-refractivity contribution in [1.82, 2.24) is 4.98 Å². The van der Waals surface area contributed by atoms with Crippen LogP contribution in [-0.2, 0) is 4.79 Å². The van der Waals surface area contributed by atoms with E-state index in [0.29, 0.717) is 10.7 Å². The van der Waals surface area contributed by atoms with Crippen LogP contribution in [0.3, 0.4) is 0 Å². The zero-order chi connectivity index (χ0) is 18.8. The summed E-state index contributed by atoms with van der Waals surface area (Å²) in [6, 6.07) is 18.1. The van der Waals surface area contributed by atoms with Gasteiger partial charge in [0.2, 0.25) is 5.91 Å². The second-order valence-corrected chi connectivity index (χ2v) is 6.83. The number of fused-ring (bicyclic) bond motifs is 3. The van der Waals surface area contributed by atoms with E-state index < -0.39 is 4.92 Å². The Morgan fingerprint density at radius 3 is 2.81 bits per heavy atom. The average molecular weight is 375 g/mol. The van der Waals surface area contributed by atoms with E-state index >= 15 is 0 Å². The molecule has 0 bridgehead atoms. The van der Waals surface area contributed by atoms with Crippen LogP contribution in [0, 0.1) is 10.1 Å². The van der Waals surface area contributed by atoms with Gasteiger partial charge in [-0.15, -0.1) is 0 Å². The molecular weight excluding hydrogens is 362 g/mol. The molecule has 0 aliphatic heterocycles. The van der Waals surface area contributed by atoms with Crippen molar-refractivity contribution >= 4 is 55.1 Å². The van der Waals surface area contributed by atoms with E-state index in [-0.39, 0.29) is 11.6 Å². The van der Waals surface area contributed by atoms with Crippen LogP contribution in [0.5, 0.6) is 0 Å². The number of thiazole rings is 1. The van der Waals surface area contributed by atoms with E-state index in [1.54, 1.807) is 12.1 Å². The summed E-state index contributed by atoms with van der Waals surface area (Å²) in [5.74, 6) is -0.343. The van der Waals surface area contributed by atoms with Crippen LogP contribution in [0.4, 0.5) is 10.8 Å². The van der Waals surface area contributed by atoms with E-state index in [9.17, 15) is 14.9 Å². The van der Waals surface area contributed by atoms with E-state index in [2.05, 4.69) is 10.3 Å². The highest BCUT2D eigenvalue weighted by Gasteiger charge is 2.09. The van der Waals surface area contributed by atoms with Crippen molar-refractivity contribution in [3.05, 3.63) is 82.4 Å². The van der Waals surface area contributed by atoms with Crippen LogP contribution in [-0.4, -0.2) is 15.8 Å². The lowest BCUT2D eigenvalue weighted by molar-refractivity contribution is -0.384. The van der Waals surface area contributed by atoms with Gasteiger partial charge in [-0.3, -0.25) is 20.2 Å². The second kappa shape index (κ2) is 6.97. The molecule has 1 amide bonds. The Morgan fingerprint density at radius 2 is 1.96 bits per heavy atom. The first-order valence-corrected chi connectivity index (χ1v) is 8.93. The molecule has 0 saturated heterocycles. The number of benzene rings is 3. The fourth-order valence-corrected chi connectivity index (χ4v) is 3.77. The van der Waals surface area contributed by atoms with Crippen LogP contribution < -0.4 is 5.32 Å². The number of rotatable bonds is 4. The number of hydrogen-bond acceptors (Lipinski definition) is 5. The van der Waals surface area contributed by atoms with Crippen LogP contribution >= 0.6 is 11.3 Å². The van der Waals surface area contributed by atoms with E-state index in [4.69, 9.17) is 0 Å². The molecule has 0 saturated carbocycles. The maximum Gasteiger partial charge on any atom is 0.270 e. The van der Waals surface area contributed by atoms with Gasteiger partial charge in [-0.1, -0.05) is 53.8 Å². The molecule has 0 unspecified atom stereocenters. The summed E-state index contributed by atoms with van der Waals surface area (Å²) < 4.78 is 1.02. The maximum atomic E-state index is 12.2. The highest BCUT2D eigenvalue weighted by Crippen LogP contribution is 2.32. The zero-order valence-corrected chi connectivity index (χ0v) is 14.8. The number of aromatic nitrogens is 1. The van der Waals surface area contributed by atoms with Gasteiger partial charge in [0, 0.05) is 23.6 Å². The Balaban J connectivity index is 1.55. The van der Waals surface area contributed by atoms with E-state index in [0.717, 1.165) is 21.0 Å². The Hall–Kier alpha value is -3.58. The third-order valence-corrected chi connectivity index (χ3v) is 5.04. The summed E-state index contributed by atoms with van der Waals surface area (Å²) >= 11 is 1.42. The molecule has 6 nitrogen and oxygen atoms in total. The largest absolute Gasteiger partial charge is 0.298 e. The second-order valence-electron chi connectivity index (χ2n) is 5.83. The van der Waals surface area contributed by atoms with Gasteiger partial charge < -0.3 is 0 Å². The smallest absolute Gasteiger partial charge is 0.270 e. The van der Waals surface area contributed by atoms with Crippen molar-refractivity contribution in [2.24, 2.45) is 0 Å². The van der Waals surface area contributed by atoms with Gasteiger partial charge in [0.05, 0.1) is 15.1 Å². The minimum absolute atomic E-state index is 0.0180. The first-order valence-electron chi connectivity index (χ1n) is 8.12. The van der Waals surface area contributed by atoms with Crippen LogP contribution in [0.15, 0.2) is 66.7 Å². The lowest BCUT2D eigenvalue weighted by Crippen LogP contribution is -2.07. The molecule has 4 aromatic rings. The summed E-state index contributed by atoms with van der Waals surface area (Å²) in [7, 11) is 0. The standard InChI is InChI=1S/C20H13N3O3S/c24-18(11-8-13-4-3-6-15(12-13)23(25)26)22-20-21-17-10-9-14-5-1-2-7-16(14)19(17)27-20/h1-12H,(H,21,22,24). The quantitative estimate of drug-likeness (QED) is 0.309. The minimum Gasteiger partial charge on any atom is -0.298 e. The number of hydrogen-bond donors (Lipinski definition) is 1. The fourth-order valence-electron chi connectivity index (χ4n) is 2.77. The Morgan fingerprint density at radius 1 is 1.11 bits per heavy atom. The minimum atomic E-state index is -0.469. The molecule has 1 heterocycles. The van der Waals surface area contributed by atoms with Gasteiger partial charge >= 0.3 is 0 Å². The SMILES string of the molecule is O=C(C=Cc1cccc([N+](=O)[O-])c1)Nc1nc2ccc3ccccc3c2s1. The van der Waals surface area contributed by atoms with Crippen LogP contribution in [0.25, 0.3) is 27.1 Å². The maximum absolute atomic E-state index is 12.2. The molecule has 4 rings (SSSR count). The van der Waals surface area contributed by atoms with Gasteiger partial charge in [0.15, 0.2) is 5.13 Å². The van der Waals surface area contributed by atoms with Crippen molar-refractivity contribution < 1.29 is 9.72 Å². The molecule has 0 aliphatic carbocycles. The molecule has 1 aromatic heterocycles. The highest BCUT2D eigenvalue weighted by atomic mass is 32.1. The van der Waals surface area contributed by atoms with Gasteiger partial charge in [0.25, 0.3) is 5.69 Å². The van der Waals surface area contributed by atoms with Crippen molar-refractivity contribution in [2.45, 2.75) is 0 Å². The monoisotopic (exact) mass is 375 g/mol. The number of nitrogens with zero attached hydrogens (tertiary/aromatic N) is 2. The molecule has 1 N–H and O–H groups in total. The molecule has 0 fully saturated rings. The average Bonchev–Trinajstić information content (AvgIpc) is 3.09. The third kappa shape index (κ3) is 3.54. The summed E-state index contributed by atoms with van der Waals surface area (Å²) in [6.45, 7) is 0. The molecule has 0 aliphatic rings. The normalized spacial score (nSPS) is 11.3. The Kier molecular flexibility index (Phi) is 4.35. The van der Waals surface area contributed by atoms with Crippen molar-refractivity contribution in [3.63, 3.8) is 0 Å². The number of anilines is 1. The van der Waals surface area contributed by atoms with Gasteiger partial charge in [-0.05, 0) is 23.1 Å². The summed E-state index contributed by atoms with van der Waals surface area (Å²) in [6.07, 6.45) is 2.87. The third-order valence-electron chi connectivity index (χ3n) is 4.02. The van der Waals surface area contributed by atoms with Crippen LogP contribution in [0.1, 0.15) is 5.56 Å². The van der Waals surface area contributed by atoms with Crippen molar-refractivity contribution in [1.29, 1.82) is 0 Å². The number of nitro benzene ring substituents is 1. The van der Waals surface area contributed by atoms with E-state index in [1.807, 2.05) is 36.4 Å². The number of non-ortho nitro benzene ring substituents is 1. The molecule has 0 atom stereocenters. The van der Waals surface area contributed by atoms with Crippen molar-refractivity contribution in [2.75, 3.05) is 5.32 Å². The molecular formula is C20H13N3O3S. The zero-order valence-electron chi connectivity index (χ0n) is 14.0. The van der Waals surface area contributed by atoms with E-state index in [1.165, 1.54) is 35.6 Å². The topological polar surface area (TPSA) is 85.1 Å². The number of nitrogens with one attached hydrogen (secondary N) is 1. The summed E-state index contributed by atoms with van der Waals surface area (Å²) in [5, 5.41) is 16.3. The predicted octanol–water partition coefficient (Wildman–Crippen LogP) is 5.01. The number of carbonyl (C=O) groups is 1. The number of nitro groups is 1. The van der Waals surface area contributed by atoms with Crippen LogP contribution in [0.2, 0.25) is 0 Å². The van der Waals surface area contributed by atoms with Gasteiger partial charge in [-0.25, -0.2) is 4.98 Å². The van der Waals surface area contributed by atoms with Crippen molar-refractivity contribution in [3.8, 4) is 0 Å². The van der Waals surface area contributed by atoms with Gasteiger partial charge in [0.1, 0.15) is 0 Å². The number of amides is 1. The fraction of sp³-hybridized carbons (Fsp3) is 0. The first-order chi connectivity index (χ1) is 13.1. The molecule has 0 spiro atoms. The lowest BCUT2D eigenvalue weighted by Gasteiger charge is -1.96. The number of carbonyl (C=O) groups excluding carboxylic acids is 1. The van der Waals surface area contributed by atoms with Gasteiger partial charge in [-0.2, -0.15) is 0 Å². The molecule has 3 aromatic carbocycles. The summed E-state index contributed by atoms with van der Waals surface area (Å²) in [4.78, 5) is 27.0.